The second-order valence-electron chi connectivity index (χ2n) is 6.85. The van der Waals surface area contributed by atoms with Gasteiger partial charge in [0.05, 0.1) is 36.4 Å². The van der Waals surface area contributed by atoms with Gasteiger partial charge in [-0.05, 0) is 12.1 Å². The first-order valence-corrected chi connectivity index (χ1v) is 11.2. The van der Waals surface area contributed by atoms with Gasteiger partial charge in [0.1, 0.15) is 11.6 Å². The molecule has 0 amide bonds. The molecule has 1 aliphatic rings. The normalized spacial score (nSPS) is 14.4. The van der Waals surface area contributed by atoms with Crippen LogP contribution in [0.5, 0.6) is 0 Å². The van der Waals surface area contributed by atoms with E-state index in [4.69, 9.17) is 16.2 Å². The van der Waals surface area contributed by atoms with E-state index in [9.17, 15) is 8.42 Å². The van der Waals surface area contributed by atoms with Gasteiger partial charge in [-0.15, -0.1) is 0 Å². The lowest BCUT2D eigenvalue weighted by atomic mass is 10.2. The average Bonchev–Trinajstić information content (AvgIpc) is 2.74. The number of morpholine rings is 1. The van der Waals surface area contributed by atoms with Crippen molar-refractivity contribution in [2.45, 2.75) is 5.03 Å². The molecule has 13 heteroatoms. The summed E-state index contributed by atoms with van der Waals surface area (Å²) in [5.74, 6) is 1.22. The Morgan fingerprint density at radius 2 is 1.84 bits per heavy atom. The van der Waals surface area contributed by atoms with Crippen LogP contribution in [0.4, 0.5) is 29.2 Å². The minimum atomic E-state index is -3.39. The number of rotatable bonds is 5. The van der Waals surface area contributed by atoms with Crippen LogP contribution in [0.3, 0.4) is 0 Å². The summed E-state index contributed by atoms with van der Waals surface area (Å²) in [6.45, 7) is 2.42. The van der Waals surface area contributed by atoms with Crippen LogP contribution in [-0.2, 0) is 14.6 Å². The van der Waals surface area contributed by atoms with E-state index in [2.05, 4.69) is 30.2 Å². The van der Waals surface area contributed by atoms with Crippen molar-refractivity contribution < 1.29 is 13.2 Å². The Balaban J connectivity index is 1.72. The third-order valence-electron chi connectivity index (χ3n) is 4.51. The van der Waals surface area contributed by atoms with Gasteiger partial charge in [-0.2, -0.15) is 9.97 Å². The minimum Gasteiger partial charge on any atom is -0.383 e. The van der Waals surface area contributed by atoms with Crippen molar-refractivity contribution in [1.29, 1.82) is 0 Å². The molecule has 0 spiro atoms. The highest BCUT2D eigenvalue weighted by molar-refractivity contribution is 7.90. The van der Waals surface area contributed by atoms with Crippen LogP contribution in [0.15, 0.2) is 35.6 Å². The number of nitrogens with one attached hydrogen (secondary N) is 1. The molecule has 4 rings (SSSR count). The van der Waals surface area contributed by atoms with E-state index in [-0.39, 0.29) is 16.8 Å². The number of nitrogens with two attached hydrogens (primary N) is 2. The number of nitrogens with zero attached hydrogens (tertiary/aromatic N) is 6. The quantitative estimate of drug-likeness (QED) is 0.498. The smallest absolute Gasteiger partial charge is 0.228 e. The molecule has 3 aromatic rings. The standard InChI is InChI=1S/C18H21N9O3S/c1-31(28,29)15-3-2-11(9-21-15)23-14-8-13(12-10-22-17(20)26-16(12)19)24-18(25-14)27-4-6-30-7-5-27/h2-3,8-10H,4-7H2,1H3,(H,23,24,25)(H4,19,20,22,26). The molecular weight excluding hydrogens is 422 g/mol. The molecule has 0 saturated carbocycles. The van der Waals surface area contributed by atoms with Crippen LogP contribution < -0.4 is 21.7 Å². The summed E-state index contributed by atoms with van der Waals surface area (Å²) in [6, 6.07) is 4.73. The van der Waals surface area contributed by atoms with E-state index in [1.165, 1.54) is 18.5 Å². The van der Waals surface area contributed by atoms with Gasteiger partial charge < -0.3 is 26.4 Å². The highest BCUT2D eigenvalue weighted by Gasteiger charge is 2.18. The SMILES string of the molecule is CS(=O)(=O)c1ccc(Nc2cc(-c3cnc(N)nc3N)nc(N3CCOCC3)n2)cn1. The van der Waals surface area contributed by atoms with E-state index >= 15 is 0 Å². The molecule has 162 valence electrons. The molecule has 12 nitrogen and oxygen atoms in total. The number of aromatic nitrogens is 5. The monoisotopic (exact) mass is 443 g/mol. The first kappa shape index (κ1) is 20.7. The molecular formula is C18H21N9O3S. The molecule has 1 saturated heterocycles. The van der Waals surface area contributed by atoms with Crippen molar-refractivity contribution >= 4 is 39.1 Å². The highest BCUT2D eigenvalue weighted by atomic mass is 32.2. The number of ether oxygens (including phenoxy) is 1. The van der Waals surface area contributed by atoms with Crippen LogP contribution in [0.2, 0.25) is 0 Å². The molecule has 1 fully saturated rings. The lowest BCUT2D eigenvalue weighted by Crippen LogP contribution is -2.37. The van der Waals surface area contributed by atoms with Gasteiger partial charge in [-0.1, -0.05) is 0 Å². The van der Waals surface area contributed by atoms with E-state index in [0.29, 0.717) is 55.0 Å². The Kier molecular flexibility index (Phi) is 5.52. The van der Waals surface area contributed by atoms with Crippen molar-refractivity contribution in [1.82, 2.24) is 24.9 Å². The Hall–Kier alpha value is -3.58. The third-order valence-corrected chi connectivity index (χ3v) is 5.51. The minimum absolute atomic E-state index is 0.0118. The van der Waals surface area contributed by atoms with Crippen molar-refractivity contribution in [3.63, 3.8) is 0 Å². The molecule has 0 atom stereocenters. The lowest BCUT2D eigenvalue weighted by Gasteiger charge is -2.27. The van der Waals surface area contributed by atoms with E-state index in [1.807, 2.05) is 4.90 Å². The Morgan fingerprint density at radius 1 is 1.06 bits per heavy atom. The van der Waals surface area contributed by atoms with Gasteiger partial charge in [-0.25, -0.2) is 23.4 Å². The van der Waals surface area contributed by atoms with Crippen molar-refractivity contribution in [3.05, 3.63) is 30.6 Å². The van der Waals surface area contributed by atoms with Gasteiger partial charge >= 0.3 is 0 Å². The van der Waals surface area contributed by atoms with Gasteiger partial charge in [-0.3, -0.25) is 0 Å². The van der Waals surface area contributed by atoms with E-state index in [0.717, 1.165) is 6.26 Å². The number of pyridine rings is 1. The van der Waals surface area contributed by atoms with E-state index in [1.54, 1.807) is 12.1 Å². The molecule has 1 aliphatic heterocycles. The molecule has 0 radical (unpaired) electrons. The summed E-state index contributed by atoms with van der Waals surface area (Å²) in [6.07, 6.45) is 4.04. The molecule has 0 aromatic carbocycles. The fraction of sp³-hybridized carbons (Fsp3) is 0.278. The van der Waals surface area contributed by atoms with Crippen LogP contribution in [0.25, 0.3) is 11.3 Å². The van der Waals surface area contributed by atoms with Gasteiger partial charge in [0.25, 0.3) is 0 Å². The number of hydrogen-bond donors (Lipinski definition) is 3. The second kappa shape index (κ2) is 8.28. The van der Waals surface area contributed by atoms with Gasteiger partial charge in [0, 0.05) is 31.6 Å². The average molecular weight is 443 g/mol. The van der Waals surface area contributed by atoms with Gasteiger partial charge in [0.2, 0.25) is 11.9 Å². The maximum atomic E-state index is 11.6. The van der Waals surface area contributed by atoms with Crippen molar-refractivity contribution in [3.8, 4) is 11.3 Å². The Morgan fingerprint density at radius 3 is 2.48 bits per heavy atom. The number of anilines is 5. The third kappa shape index (κ3) is 4.78. The largest absolute Gasteiger partial charge is 0.383 e. The molecule has 31 heavy (non-hydrogen) atoms. The highest BCUT2D eigenvalue weighted by Crippen LogP contribution is 2.28. The summed E-state index contributed by atoms with van der Waals surface area (Å²) in [4.78, 5) is 23.2. The maximum Gasteiger partial charge on any atom is 0.228 e. The first-order valence-electron chi connectivity index (χ1n) is 9.33. The lowest BCUT2D eigenvalue weighted by molar-refractivity contribution is 0.122. The summed E-state index contributed by atoms with van der Waals surface area (Å²) < 4.78 is 28.7. The fourth-order valence-electron chi connectivity index (χ4n) is 2.97. The summed E-state index contributed by atoms with van der Waals surface area (Å²) >= 11 is 0. The topological polar surface area (TPSA) is 175 Å². The predicted molar refractivity (Wildman–Crippen MR) is 116 cm³/mol. The predicted octanol–water partition coefficient (Wildman–Crippen LogP) is 0.477. The zero-order chi connectivity index (χ0) is 22.0. The van der Waals surface area contributed by atoms with Crippen molar-refractivity contribution in [2.75, 3.05) is 54.2 Å². The Bertz CT molecular complexity index is 1200. The van der Waals surface area contributed by atoms with Crippen LogP contribution in [-0.4, -0.2) is 65.9 Å². The zero-order valence-electron chi connectivity index (χ0n) is 16.7. The first-order chi connectivity index (χ1) is 14.8. The summed E-state index contributed by atoms with van der Waals surface area (Å²) in [5.41, 5.74) is 13.2. The number of nitrogen functional groups attached to an aromatic ring is 2. The summed E-state index contributed by atoms with van der Waals surface area (Å²) in [7, 11) is -3.39. The summed E-state index contributed by atoms with van der Waals surface area (Å²) in [5, 5.41) is 3.12. The number of hydrogen-bond acceptors (Lipinski definition) is 12. The molecule has 0 unspecified atom stereocenters. The number of sulfone groups is 1. The molecule has 0 bridgehead atoms. The zero-order valence-corrected chi connectivity index (χ0v) is 17.5. The fourth-order valence-corrected chi connectivity index (χ4v) is 3.53. The van der Waals surface area contributed by atoms with Crippen LogP contribution in [0.1, 0.15) is 0 Å². The van der Waals surface area contributed by atoms with E-state index < -0.39 is 9.84 Å². The molecule has 0 aliphatic carbocycles. The van der Waals surface area contributed by atoms with Gasteiger partial charge in [0.15, 0.2) is 14.9 Å². The van der Waals surface area contributed by atoms with Crippen molar-refractivity contribution in [2.24, 2.45) is 0 Å². The maximum absolute atomic E-state index is 11.6. The second-order valence-corrected chi connectivity index (χ2v) is 8.81. The molecule has 5 N–H and O–H groups in total. The van der Waals surface area contributed by atoms with Crippen LogP contribution in [0, 0.1) is 0 Å². The molecule has 3 aromatic heterocycles. The van der Waals surface area contributed by atoms with Crippen LogP contribution >= 0.6 is 0 Å². The Labute approximate surface area is 178 Å². The molecule has 4 heterocycles.